The number of hydrogen-bond donors (Lipinski definition) is 2. The molecule has 0 aliphatic rings. The SMILES string of the molecule is COCCCCCNCC(C(=O)O)C(F)(F)F. The third-order valence-electron chi connectivity index (χ3n) is 2.24. The highest BCUT2D eigenvalue weighted by molar-refractivity contribution is 5.71. The van der Waals surface area contributed by atoms with E-state index in [-0.39, 0.29) is 0 Å². The minimum Gasteiger partial charge on any atom is -0.481 e. The first kappa shape index (κ1) is 16.2. The molecule has 0 heterocycles. The van der Waals surface area contributed by atoms with Crippen molar-refractivity contribution in [2.45, 2.75) is 25.4 Å². The first-order valence-electron chi connectivity index (χ1n) is 5.38. The normalized spacial score (nSPS) is 13.6. The first-order chi connectivity index (χ1) is 7.89. The molecule has 4 nitrogen and oxygen atoms in total. The van der Waals surface area contributed by atoms with Gasteiger partial charge in [-0.1, -0.05) is 0 Å². The fourth-order valence-electron chi connectivity index (χ4n) is 1.26. The zero-order valence-electron chi connectivity index (χ0n) is 9.72. The minimum atomic E-state index is -4.70. The molecule has 0 aliphatic heterocycles. The average molecular weight is 257 g/mol. The topological polar surface area (TPSA) is 58.6 Å². The van der Waals surface area contributed by atoms with E-state index in [1.807, 2.05) is 0 Å². The van der Waals surface area contributed by atoms with Gasteiger partial charge in [0, 0.05) is 20.3 Å². The number of methoxy groups -OCH3 is 1. The number of carboxylic acid groups (broad SMARTS) is 1. The van der Waals surface area contributed by atoms with Crippen molar-refractivity contribution in [3.8, 4) is 0 Å². The molecule has 0 aliphatic carbocycles. The molecule has 0 saturated heterocycles. The van der Waals surface area contributed by atoms with Crippen molar-refractivity contribution in [2.75, 3.05) is 26.8 Å². The molecule has 0 radical (unpaired) electrons. The summed E-state index contributed by atoms with van der Waals surface area (Å²) in [7, 11) is 1.58. The van der Waals surface area contributed by atoms with Gasteiger partial charge in [-0.05, 0) is 25.8 Å². The molecule has 2 N–H and O–H groups in total. The lowest BCUT2D eigenvalue weighted by Gasteiger charge is -2.16. The number of carboxylic acids is 1. The molecule has 1 unspecified atom stereocenters. The van der Waals surface area contributed by atoms with Gasteiger partial charge in [-0.15, -0.1) is 0 Å². The Hall–Kier alpha value is -0.820. The van der Waals surface area contributed by atoms with Crippen LogP contribution < -0.4 is 5.32 Å². The quantitative estimate of drug-likeness (QED) is 0.617. The van der Waals surface area contributed by atoms with Crippen molar-refractivity contribution in [3.63, 3.8) is 0 Å². The number of rotatable bonds is 9. The fourth-order valence-corrected chi connectivity index (χ4v) is 1.26. The Kier molecular flexibility index (Phi) is 7.90. The molecule has 1 atom stereocenters. The molecule has 0 fully saturated rings. The van der Waals surface area contributed by atoms with E-state index in [1.165, 1.54) is 0 Å². The zero-order chi connectivity index (χ0) is 13.3. The average Bonchev–Trinajstić information content (AvgIpc) is 2.19. The smallest absolute Gasteiger partial charge is 0.403 e. The van der Waals surface area contributed by atoms with Gasteiger partial charge in [0.1, 0.15) is 0 Å². The maximum atomic E-state index is 12.2. The summed E-state index contributed by atoms with van der Waals surface area (Å²) >= 11 is 0. The summed E-state index contributed by atoms with van der Waals surface area (Å²) in [5.74, 6) is -4.18. The van der Waals surface area contributed by atoms with E-state index in [2.05, 4.69) is 5.32 Å². The van der Waals surface area contributed by atoms with E-state index in [1.54, 1.807) is 7.11 Å². The summed E-state index contributed by atoms with van der Waals surface area (Å²) in [6.45, 7) is 0.424. The highest BCUT2D eigenvalue weighted by atomic mass is 19.4. The number of aliphatic carboxylic acids is 1. The Morgan fingerprint density at radius 3 is 2.47 bits per heavy atom. The van der Waals surface area contributed by atoms with E-state index in [0.717, 1.165) is 12.8 Å². The Balaban J connectivity index is 3.67. The summed E-state index contributed by atoms with van der Waals surface area (Å²) in [5.41, 5.74) is 0. The third kappa shape index (κ3) is 7.98. The number of ether oxygens (including phenoxy) is 1. The van der Waals surface area contributed by atoms with Crippen molar-refractivity contribution in [3.05, 3.63) is 0 Å². The molecule has 0 rings (SSSR count). The van der Waals surface area contributed by atoms with Crippen molar-refractivity contribution in [2.24, 2.45) is 5.92 Å². The van der Waals surface area contributed by atoms with Crippen LogP contribution in [0.2, 0.25) is 0 Å². The van der Waals surface area contributed by atoms with E-state index in [9.17, 15) is 18.0 Å². The lowest BCUT2D eigenvalue weighted by atomic mass is 10.1. The Bertz CT molecular complexity index is 221. The summed E-state index contributed by atoms with van der Waals surface area (Å²) < 4.78 is 41.4. The predicted molar refractivity (Wildman–Crippen MR) is 55.8 cm³/mol. The second-order valence-electron chi connectivity index (χ2n) is 3.69. The molecule has 0 aromatic heterocycles. The van der Waals surface area contributed by atoms with E-state index >= 15 is 0 Å². The maximum Gasteiger partial charge on any atom is 0.403 e. The molecule has 0 amide bonds. The van der Waals surface area contributed by atoms with Crippen LogP contribution in [0.3, 0.4) is 0 Å². The summed E-state index contributed by atoms with van der Waals surface area (Å²) in [6.07, 6.45) is -2.31. The van der Waals surface area contributed by atoms with Crippen LogP contribution in [0.1, 0.15) is 19.3 Å². The molecule has 0 aromatic carbocycles. The standard InChI is InChI=1S/C10H18F3NO3/c1-17-6-4-2-3-5-14-7-8(9(15)16)10(11,12)13/h8,14H,2-7H2,1H3,(H,15,16). The van der Waals surface area contributed by atoms with Gasteiger partial charge in [-0.2, -0.15) is 13.2 Å². The monoisotopic (exact) mass is 257 g/mol. The van der Waals surface area contributed by atoms with Gasteiger partial charge in [-0.3, -0.25) is 4.79 Å². The zero-order valence-corrected chi connectivity index (χ0v) is 9.72. The van der Waals surface area contributed by atoms with Gasteiger partial charge >= 0.3 is 12.1 Å². The molecule has 102 valence electrons. The molecular weight excluding hydrogens is 239 g/mol. The predicted octanol–water partition coefficient (Wildman–Crippen LogP) is 1.66. The van der Waals surface area contributed by atoms with Gasteiger partial charge in [0.05, 0.1) is 0 Å². The van der Waals surface area contributed by atoms with Crippen LogP contribution in [0.25, 0.3) is 0 Å². The number of nitrogens with one attached hydrogen (secondary N) is 1. The van der Waals surface area contributed by atoms with Crippen LogP contribution in [-0.2, 0) is 9.53 Å². The van der Waals surface area contributed by atoms with Crippen molar-refractivity contribution in [1.82, 2.24) is 5.32 Å². The van der Waals surface area contributed by atoms with Crippen molar-refractivity contribution in [1.29, 1.82) is 0 Å². The Morgan fingerprint density at radius 1 is 1.35 bits per heavy atom. The summed E-state index contributed by atoms with van der Waals surface area (Å²) in [5, 5.41) is 10.9. The molecular formula is C10H18F3NO3. The van der Waals surface area contributed by atoms with Crippen LogP contribution in [0.4, 0.5) is 13.2 Å². The number of alkyl halides is 3. The van der Waals surface area contributed by atoms with E-state index < -0.39 is 24.6 Å². The summed E-state index contributed by atoms with van der Waals surface area (Å²) in [4.78, 5) is 10.4. The van der Waals surface area contributed by atoms with Gasteiger partial charge in [0.2, 0.25) is 0 Å². The van der Waals surface area contributed by atoms with Crippen LogP contribution in [0, 0.1) is 5.92 Å². The Labute approximate surface area is 98.1 Å². The minimum absolute atomic E-state index is 0.379. The van der Waals surface area contributed by atoms with E-state index in [0.29, 0.717) is 19.6 Å². The molecule has 0 bridgehead atoms. The number of unbranched alkanes of at least 4 members (excludes halogenated alkanes) is 2. The van der Waals surface area contributed by atoms with Crippen LogP contribution in [-0.4, -0.2) is 44.1 Å². The van der Waals surface area contributed by atoms with Gasteiger partial charge < -0.3 is 15.2 Å². The van der Waals surface area contributed by atoms with Gasteiger partial charge in [-0.25, -0.2) is 0 Å². The number of carbonyl (C=O) groups is 1. The fraction of sp³-hybridized carbons (Fsp3) is 0.900. The highest BCUT2D eigenvalue weighted by Gasteiger charge is 2.44. The molecule has 0 aromatic rings. The lowest BCUT2D eigenvalue weighted by Crippen LogP contribution is -2.39. The van der Waals surface area contributed by atoms with Crippen LogP contribution in [0.5, 0.6) is 0 Å². The second-order valence-corrected chi connectivity index (χ2v) is 3.69. The van der Waals surface area contributed by atoms with Crippen LogP contribution >= 0.6 is 0 Å². The molecule has 7 heteroatoms. The highest BCUT2D eigenvalue weighted by Crippen LogP contribution is 2.25. The van der Waals surface area contributed by atoms with Crippen LogP contribution in [0.15, 0.2) is 0 Å². The maximum absolute atomic E-state index is 12.2. The molecule has 0 saturated carbocycles. The van der Waals surface area contributed by atoms with Crippen molar-refractivity contribution < 1.29 is 27.8 Å². The van der Waals surface area contributed by atoms with Gasteiger partial charge in [0.15, 0.2) is 5.92 Å². The van der Waals surface area contributed by atoms with Crippen molar-refractivity contribution >= 4 is 5.97 Å². The van der Waals surface area contributed by atoms with E-state index in [4.69, 9.17) is 9.84 Å². The Morgan fingerprint density at radius 2 is 2.00 bits per heavy atom. The summed E-state index contributed by atoms with van der Waals surface area (Å²) in [6, 6.07) is 0. The largest absolute Gasteiger partial charge is 0.481 e. The number of halogens is 3. The molecule has 0 spiro atoms. The number of hydrogen-bond acceptors (Lipinski definition) is 3. The third-order valence-corrected chi connectivity index (χ3v) is 2.24. The second kappa shape index (κ2) is 8.30. The van der Waals surface area contributed by atoms with Gasteiger partial charge in [0.25, 0.3) is 0 Å². The lowest BCUT2D eigenvalue weighted by molar-refractivity contribution is -0.192. The molecule has 17 heavy (non-hydrogen) atoms. The first-order valence-corrected chi connectivity index (χ1v) is 5.38.